The van der Waals surface area contributed by atoms with E-state index in [0.717, 1.165) is 49.2 Å². The molecule has 0 aromatic carbocycles. The summed E-state index contributed by atoms with van der Waals surface area (Å²) in [5, 5.41) is 1.15. The second-order valence-electron chi connectivity index (χ2n) is 6.25. The number of aryl methyl sites for hydroxylation is 1. The van der Waals surface area contributed by atoms with E-state index in [1.165, 1.54) is 16.8 Å². The molecule has 3 aromatic heterocycles. The summed E-state index contributed by atoms with van der Waals surface area (Å²) in [6.45, 7) is 5.15. The second-order valence-corrected chi connectivity index (χ2v) is 6.25. The molecule has 4 heteroatoms. The minimum Gasteiger partial charge on any atom is -0.298 e. The molecular formula is C19H20N4. The van der Waals surface area contributed by atoms with Crippen molar-refractivity contribution in [2.45, 2.75) is 26.3 Å². The van der Waals surface area contributed by atoms with Gasteiger partial charge in [-0.2, -0.15) is 0 Å². The van der Waals surface area contributed by atoms with E-state index < -0.39 is 0 Å². The van der Waals surface area contributed by atoms with Gasteiger partial charge in [0.1, 0.15) is 0 Å². The molecule has 0 atom stereocenters. The van der Waals surface area contributed by atoms with E-state index in [9.17, 15) is 0 Å². The number of nitrogens with zero attached hydrogens (tertiary/aromatic N) is 4. The third-order valence-electron chi connectivity index (χ3n) is 4.44. The van der Waals surface area contributed by atoms with Gasteiger partial charge in [0.25, 0.3) is 0 Å². The third-order valence-corrected chi connectivity index (χ3v) is 4.44. The maximum absolute atomic E-state index is 4.76. The Hall–Kier alpha value is -2.33. The minimum absolute atomic E-state index is 0.872. The normalized spacial score (nSPS) is 14.8. The maximum atomic E-state index is 4.76. The van der Waals surface area contributed by atoms with Crippen LogP contribution in [0.3, 0.4) is 0 Å². The molecule has 3 aromatic rings. The highest BCUT2D eigenvalue weighted by Gasteiger charge is 2.18. The number of hydrogen-bond acceptors (Lipinski definition) is 4. The molecule has 1 aliphatic rings. The number of pyridine rings is 3. The topological polar surface area (TPSA) is 41.9 Å². The lowest BCUT2D eigenvalue weighted by molar-refractivity contribution is 0.255. The highest BCUT2D eigenvalue weighted by Crippen LogP contribution is 2.22. The molecule has 116 valence electrons. The first-order chi connectivity index (χ1) is 11.3. The van der Waals surface area contributed by atoms with E-state index >= 15 is 0 Å². The van der Waals surface area contributed by atoms with Crippen LogP contribution in [0.2, 0.25) is 0 Å². The number of fused-ring (bicyclic) bond motifs is 2. The average Bonchev–Trinajstić information content (AvgIpc) is 2.59. The Kier molecular flexibility index (Phi) is 3.75. The van der Waals surface area contributed by atoms with Crippen LogP contribution in [0.1, 0.15) is 22.5 Å². The van der Waals surface area contributed by atoms with Gasteiger partial charge in [-0.3, -0.25) is 9.88 Å². The molecule has 0 amide bonds. The summed E-state index contributed by atoms with van der Waals surface area (Å²) < 4.78 is 0. The maximum Gasteiger partial charge on any atom is 0.159 e. The molecule has 0 saturated carbocycles. The predicted octanol–water partition coefficient (Wildman–Crippen LogP) is 2.93. The molecule has 23 heavy (non-hydrogen) atoms. The number of hydrogen-bond donors (Lipinski definition) is 0. The van der Waals surface area contributed by atoms with E-state index in [1.54, 1.807) is 0 Å². The molecule has 0 fully saturated rings. The zero-order chi connectivity index (χ0) is 15.6. The van der Waals surface area contributed by atoms with Crippen molar-refractivity contribution in [2.75, 3.05) is 13.1 Å². The standard InChI is InChI=1S/C19H20N4/c1-14-10-15-11-16-13-23(8-5-17-4-2-3-7-20-17)9-6-18(16)22-19(15)21-12-14/h2-4,7,10-12H,5-6,8-9,13H2,1H3. The van der Waals surface area contributed by atoms with Gasteiger partial charge in [-0.25, -0.2) is 9.97 Å². The van der Waals surface area contributed by atoms with Crippen molar-refractivity contribution in [3.05, 3.63) is 65.2 Å². The van der Waals surface area contributed by atoms with Crippen LogP contribution < -0.4 is 0 Å². The summed E-state index contributed by atoms with van der Waals surface area (Å²) >= 11 is 0. The number of rotatable bonds is 3. The van der Waals surface area contributed by atoms with Crippen molar-refractivity contribution in [2.24, 2.45) is 0 Å². The van der Waals surface area contributed by atoms with Gasteiger partial charge >= 0.3 is 0 Å². The Balaban J connectivity index is 1.52. The van der Waals surface area contributed by atoms with Crippen LogP contribution >= 0.6 is 0 Å². The van der Waals surface area contributed by atoms with Crippen molar-refractivity contribution < 1.29 is 0 Å². The van der Waals surface area contributed by atoms with Crippen molar-refractivity contribution >= 4 is 11.0 Å². The highest BCUT2D eigenvalue weighted by atomic mass is 15.1. The van der Waals surface area contributed by atoms with Crippen molar-refractivity contribution in [1.29, 1.82) is 0 Å². The smallest absolute Gasteiger partial charge is 0.159 e. The number of aromatic nitrogens is 3. The molecule has 0 saturated heterocycles. The summed E-state index contributed by atoms with van der Waals surface area (Å²) in [5.74, 6) is 0. The molecular weight excluding hydrogens is 284 g/mol. The first kappa shape index (κ1) is 14.3. The van der Waals surface area contributed by atoms with Gasteiger partial charge in [-0.15, -0.1) is 0 Å². The third kappa shape index (κ3) is 3.08. The molecule has 0 radical (unpaired) electrons. The van der Waals surface area contributed by atoms with Gasteiger partial charge in [0.05, 0.1) is 0 Å². The van der Waals surface area contributed by atoms with Crippen LogP contribution in [0.25, 0.3) is 11.0 Å². The molecule has 0 aliphatic carbocycles. The minimum atomic E-state index is 0.872. The molecule has 4 rings (SSSR count). The van der Waals surface area contributed by atoms with E-state index in [2.05, 4.69) is 46.1 Å². The van der Waals surface area contributed by atoms with E-state index in [-0.39, 0.29) is 0 Å². The molecule has 0 unspecified atom stereocenters. The SMILES string of the molecule is Cc1cnc2nc3c(cc2c1)CN(CCc1ccccn1)CC3. The Labute approximate surface area is 136 Å². The molecule has 4 heterocycles. The average molecular weight is 304 g/mol. The predicted molar refractivity (Wildman–Crippen MR) is 91.2 cm³/mol. The monoisotopic (exact) mass is 304 g/mol. The first-order valence-corrected chi connectivity index (χ1v) is 8.15. The van der Waals surface area contributed by atoms with Crippen LogP contribution in [0, 0.1) is 6.92 Å². The second kappa shape index (κ2) is 6.05. The molecule has 1 aliphatic heterocycles. The Morgan fingerprint density at radius 2 is 2.13 bits per heavy atom. The summed E-state index contributed by atoms with van der Waals surface area (Å²) in [7, 11) is 0. The van der Waals surface area contributed by atoms with Crippen molar-refractivity contribution in [3.8, 4) is 0 Å². The summed E-state index contributed by atoms with van der Waals surface area (Å²) in [4.78, 5) is 16.1. The Morgan fingerprint density at radius 3 is 3.00 bits per heavy atom. The van der Waals surface area contributed by atoms with Gasteiger partial charge in [-0.05, 0) is 42.3 Å². The van der Waals surface area contributed by atoms with E-state index in [0.29, 0.717) is 0 Å². The summed E-state index contributed by atoms with van der Waals surface area (Å²) in [6, 6.07) is 10.6. The summed E-state index contributed by atoms with van der Waals surface area (Å²) in [5.41, 5.74) is 5.77. The van der Waals surface area contributed by atoms with Crippen LogP contribution in [0.4, 0.5) is 0 Å². The van der Waals surface area contributed by atoms with Gasteiger partial charge in [0, 0.05) is 61.6 Å². The Morgan fingerprint density at radius 1 is 1.17 bits per heavy atom. The quantitative estimate of drug-likeness (QED) is 0.746. The van der Waals surface area contributed by atoms with E-state index in [4.69, 9.17) is 4.98 Å². The van der Waals surface area contributed by atoms with Crippen LogP contribution in [-0.4, -0.2) is 32.9 Å². The molecule has 0 spiro atoms. The molecule has 0 bridgehead atoms. The van der Waals surface area contributed by atoms with Crippen LogP contribution in [-0.2, 0) is 19.4 Å². The lowest BCUT2D eigenvalue weighted by Gasteiger charge is -2.28. The van der Waals surface area contributed by atoms with Gasteiger partial charge < -0.3 is 0 Å². The van der Waals surface area contributed by atoms with Gasteiger partial charge in [0.15, 0.2) is 5.65 Å². The largest absolute Gasteiger partial charge is 0.298 e. The first-order valence-electron chi connectivity index (χ1n) is 8.15. The fourth-order valence-corrected chi connectivity index (χ4v) is 3.20. The lowest BCUT2D eigenvalue weighted by Crippen LogP contribution is -2.32. The zero-order valence-corrected chi connectivity index (χ0v) is 13.4. The van der Waals surface area contributed by atoms with Gasteiger partial charge in [-0.1, -0.05) is 6.07 Å². The highest BCUT2D eigenvalue weighted by molar-refractivity contribution is 5.76. The van der Waals surface area contributed by atoms with Crippen LogP contribution in [0.5, 0.6) is 0 Å². The van der Waals surface area contributed by atoms with Crippen molar-refractivity contribution in [1.82, 2.24) is 19.9 Å². The summed E-state index contributed by atoms with van der Waals surface area (Å²) in [6.07, 6.45) is 5.76. The van der Waals surface area contributed by atoms with Crippen LogP contribution in [0.15, 0.2) is 42.7 Å². The fourth-order valence-electron chi connectivity index (χ4n) is 3.20. The lowest BCUT2D eigenvalue weighted by atomic mass is 10.0. The zero-order valence-electron chi connectivity index (χ0n) is 13.4. The fraction of sp³-hybridized carbons (Fsp3) is 0.316. The molecule has 0 N–H and O–H groups in total. The van der Waals surface area contributed by atoms with Gasteiger partial charge in [0.2, 0.25) is 0 Å². The Bertz CT molecular complexity index is 829. The molecule has 4 nitrogen and oxygen atoms in total. The van der Waals surface area contributed by atoms with E-state index in [1.807, 2.05) is 18.5 Å². The van der Waals surface area contributed by atoms with Crippen molar-refractivity contribution in [3.63, 3.8) is 0 Å².